The predicted molar refractivity (Wildman–Crippen MR) is 82.0 cm³/mol. The van der Waals surface area contributed by atoms with Crippen molar-refractivity contribution in [2.24, 2.45) is 23.7 Å². The third-order valence-electron chi connectivity index (χ3n) is 5.04. The summed E-state index contributed by atoms with van der Waals surface area (Å²) in [6.07, 6.45) is 0.622. The van der Waals surface area contributed by atoms with E-state index in [0.717, 1.165) is 6.42 Å². The van der Waals surface area contributed by atoms with Crippen LogP contribution in [0, 0.1) is 30.6 Å². The highest BCUT2D eigenvalue weighted by Gasteiger charge is 2.68. The summed E-state index contributed by atoms with van der Waals surface area (Å²) in [5, 5.41) is 6.10. The number of nitrogens with one attached hydrogen (secondary N) is 1. The normalized spacial score (nSPS) is 35.8. The van der Waals surface area contributed by atoms with E-state index in [-0.39, 0.29) is 34.6 Å². The molecule has 24 heavy (non-hydrogen) atoms. The number of amides is 1. The zero-order valence-corrected chi connectivity index (χ0v) is 14.3. The van der Waals surface area contributed by atoms with Gasteiger partial charge >= 0.3 is 11.9 Å². The number of anilines is 1. The van der Waals surface area contributed by atoms with Crippen molar-refractivity contribution >= 4 is 39.6 Å². The maximum absolute atomic E-state index is 12.4. The van der Waals surface area contributed by atoms with Gasteiger partial charge in [0.15, 0.2) is 12.4 Å². The highest BCUT2D eigenvalue weighted by Crippen LogP contribution is 2.60. The number of fused-ring (bicyclic) bond motifs is 1. The fourth-order valence-corrected chi connectivity index (χ4v) is 5.18. The quantitative estimate of drug-likeness (QED) is 0.595. The monoisotopic (exact) mass is 398 g/mol. The van der Waals surface area contributed by atoms with E-state index in [1.54, 1.807) is 13.0 Å². The molecule has 4 rings (SSSR count). The van der Waals surface area contributed by atoms with Crippen molar-refractivity contribution in [3.8, 4) is 0 Å². The number of ether oxygens (including phenoxy) is 2. The average Bonchev–Trinajstić information content (AvgIpc) is 3.24. The summed E-state index contributed by atoms with van der Waals surface area (Å²) in [4.78, 5) is 36.2. The maximum atomic E-state index is 12.4. The summed E-state index contributed by atoms with van der Waals surface area (Å²) < 4.78 is 15.3. The number of alkyl halides is 1. The van der Waals surface area contributed by atoms with Gasteiger partial charge in [-0.15, -0.1) is 0 Å². The molecule has 1 saturated heterocycles. The molecule has 1 aliphatic heterocycles. The van der Waals surface area contributed by atoms with Gasteiger partial charge in [-0.25, -0.2) is 0 Å². The lowest BCUT2D eigenvalue weighted by molar-refractivity contribution is -0.157. The molecular weight excluding hydrogens is 384 g/mol. The van der Waals surface area contributed by atoms with Gasteiger partial charge in [-0.2, -0.15) is 0 Å². The van der Waals surface area contributed by atoms with Crippen LogP contribution in [0.3, 0.4) is 0 Å². The zero-order valence-electron chi connectivity index (χ0n) is 12.7. The molecule has 1 amide bonds. The lowest BCUT2D eigenvalue weighted by Crippen LogP contribution is -2.39. The summed E-state index contributed by atoms with van der Waals surface area (Å²) in [7, 11) is 0. The van der Waals surface area contributed by atoms with Gasteiger partial charge < -0.3 is 19.3 Å². The Labute approximate surface area is 145 Å². The van der Waals surface area contributed by atoms with Crippen LogP contribution in [0.4, 0.5) is 5.82 Å². The Hall–Kier alpha value is -1.90. The van der Waals surface area contributed by atoms with Crippen molar-refractivity contribution in [3.63, 3.8) is 0 Å². The Bertz CT molecular complexity index is 719. The van der Waals surface area contributed by atoms with Crippen LogP contribution >= 0.6 is 15.9 Å². The molecule has 0 radical (unpaired) electrons. The van der Waals surface area contributed by atoms with Gasteiger partial charge in [0.05, 0.1) is 16.7 Å². The molecule has 2 aliphatic carbocycles. The van der Waals surface area contributed by atoms with E-state index in [1.165, 1.54) is 0 Å². The summed E-state index contributed by atoms with van der Waals surface area (Å²) in [6.45, 7) is 1.26. The molecule has 1 aromatic heterocycles. The second-order valence-electron chi connectivity index (χ2n) is 6.44. The number of carbonyl (C=O) groups is 3. The number of aryl methyl sites for hydroxylation is 1. The zero-order chi connectivity index (χ0) is 17.0. The molecule has 0 aromatic carbocycles. The highest BCUT2D eigenvalue weighted by molar-refractivity contribution is 9.09. The van der Waals surface area contributed by atoms with E-state index >= 15 is 0 Å². The Kier molecular flexibility index (Phi) is 3.63. The van der Waals surface area contributed by atoms with E-state index in [4.69, 9.17) is 14.0 Å². The second kappa shape index (κ2) is 5.58. The van der Waals surface area contributed by atoms with Crippen LogP contribution in [0.1, 0.15) is 12.2 Å². The molecule has 1 aromatic rings. The van der Waals surface area contributed by atoms with Crippen LogP contribution in [0.15, 0.2) is 10.6 Å². The lowest BCUT2D eigenvalue weighted by atomic mass is 9.80. The molecule has 3 aliphatic rings. The molecule has 2 saturated carbocycles. The predicted octanol–water partition coefficient (Wildman–Crippen LogP) is 1.04. The highest BCUT2D eigenvalue weighted by atomic mass is 79.9. The number of esters is 2. The largest absolute Gasteiger partial charge is 0.461 e. The van der Waals surface area contributed by atoms with E-state index in [1.807, 2.05) is 0 Å². The molecule has 8 nitrogen and oxygen atoms in total. The van der Waals surface area contributed by atoms with E-state index in [9.17, 15) is 14.4 Å². The van der Waals surface area contributed by atoms with Crippen LogP contribution in [-0.2, 0) is 23.9 Å². The smallest absolute Gasteiger partial charge is 0.310 e. The lowest BCUT2D eigenvalue weighted by Gasteiger charge is -2.26. The van der Waals surface area contributed by atoms with Crippen LogP contribution in [0.25, 0.3) is 0 Å². The third kappa shape index (κ3) is 2.33. The fraction of sp³-hybridized carbons (Fsp3) is 0.600. The Balaban J connectivity index is 1.37. The number of aromatic nitrogens is 1. The third-order valence-corrected chi connectivity index (χ3v) is 6.24. The molecule has 128 valence electrons. The van der Waals surface area contributed by atoms with Crippen molar-refractivity contribution in [2.45, 2.75) is 24.3 Å². The minimum absolute atomic E-state index is 0.00482. The van der Waals surface area contributed by atoms with Gasteiger partial charge in [-0.05, 0) is 19.3 Å². The minimum Gasteiger partial charge on any atom is -0.461 e. The van der Waals surface area contributed by atoms with E-state index in [0.29, 0.717) is 5.76 Å². The van der Waals surface area contributed by atoms with Gasteiger partial charge in [0, 0.05) is 12.0 Å². The molecule has 6 atom stereocenters. The topological polar surface area (TPSA) is 108 Å². The second-order valence-corrected chi connectivity index (χ2v) is 7.50. The Morgan fingerprint density at radius 1 is 1.46 bits per heavy atom. The van der Waals surface area contributed by atoms with Gasteiger partial charge in [0.2, 0.25) is 0 Å². The van der Waals surface area contributed by atoms with Crippen molar-refractivity contribution in [1.82, 2.24) is 5.16 Å². The van der Waals surface area contributed by atoms with Crippen molar-refractivity contribution in [3.05, 3.63) is 11.8 Å². The standard InChI is InChI=1S/C15H15BrN2O6/c1-5-2-8(18-24-5)17-9(19)4-22-14(20)10-6-3-7-11(10)15(21)23-13(7)12(6)16/h2,6-7,10-13H,3-4H2,1H3,(H,17,18,19)/t6-,7-,10-,11-,12-,13+/m1/s1. The molecule has 0 unspecified atom stereocenters. The molecule has 2 heterocycles. The molecule has 9 heteroatoms. The van der Waals surface area contributed by atoms with Gasteiger partial charge in [-0.3, -0.25) is 14.4 Å². The first kappa shape index (κ1) is 15.6. The summed E-state index contributed by atoms with van der Waals surface area (Å²) in [6, 6.07) is 1.56. The number of halogens is 1. The molecular formula is C15H15BrN2O6. The Morgan fingerprint density at radius 3 is 2.96 bits per heavy atom. The average molecular weight is 399 g/mol. The SMILES string of the molecule is Cc1cc(NC(=O)COC(=O)[C@@H]2[C@H]3C[C@H]4[C@H](OC(=O)[C@H]42)[C@@H]3Br)no1. The minimum atomic E-state index is -0.548. The molecule has 3 fully saturated rings. The first-order valence-electron chi connectivity index (χ1n) is 7.70. The van der Waals surface area contributed by atoms with Gasteiger partial charge in [0.25, 0.3) is 5.91 Å². The van der Waals surface area contributed by atoms with Gasteiger partial charge in [-0.1, -0.05) is 21.1 Å². The number of rotatable bonds is 4. The summed E-state index contributed by atoms with van der Waals surface area (Å²) >= 11 is 3.53. The summed E-state index contributed by atoms with van der Waals surface area (Å²) in [5.74, 6) is -1.48. The number of hydrogen-bond donors (Lipinski definition) is 1. The summed E-state index contributed by atoms with van der Waals surface area (Å²) in [5.41, 5.74) is 0. The van der Waals surface area contributed by atoms with Crippen LogP contribution in [0.5, 0.6) is 0 Å². The number of carbonyl (C=O) groups excluding carboxylic acids is 3. The van der Waals surface area contributed by atoms with Crippen molar-refractivity contribution < 1.29 is 28.4 Å². The maximum Gasteiger partial charge on any atom is 0.310 e. The number of nitrogens with zero attached hydrogens (tertiary/aromatic N) is 1. The molecule has 1 N–H and O–H groups in total. The van der Waals surface area contributed by atoms with Crippen LogP contribution in [0.2, 0.25) is 0 Å². The van der Waals surface area contributed by atoms with Gasteiger partial charge in [0.1, 0.15) is 11.9 Å². The van der Waals surface area contributed by atoms with Crippen molar-refractivity contribution in [2.75, 3.05) is 11.9 Å². The van der Waals surface area contributed by atoms with E-state index in [2.05, 4.69) is 26.4 Å². The molecule has 0 spiro atoms. The first-order chi connectivity index (χ1) is 11.5. The first-order valence-corrected chi connectivity index (χ1v) is 8.61. The van der Waals surface area contributed by atoms with Crippen LogP contribution in [-0.4, -0.2) is 40.5 Å². The molecule has 2 bridgehead atoms. The Morgan fingerprint density at radius 2 is 2.25 bits per heavy atom. The van der Waals surface area contributed by atoms with Crippen molar-refractivity contribution in [1.29, 1.82) is 0 Å². The fourth-order valence-electron chi connectivity index (χ4n) is 4.13. The van der Waals surface area contributed by atoms with Crippen LogP contribution < -0.4 is 5.32 Å². The van der Waals surface area contributed by atoms with E-state index < -0.39 is 30.3 Å². The number of hydrogen-bond acceptors (Lipinski definition) is 7.